The maximum Gasteiger partial charge on any atom is 0.325 e. The molecule has 1 aromatic carbocycles. The van der Waals surface area contributed by atoms with Crippen LogP contribution in [0.5, 0.6) is 0 Å². The molecule has 2 N–H and O–H groups in total. The van der Waals surface area contributed by atoms with E-state index >= 15 is 0 Å². The first-order chi connectivity index (χ1) is 9.04. The van der Waals surface area contributed by atoms with Crippen molar-refractivity contribution in [3.8, 4) is 0 Å². The predicted octanol–water partition coefficient (Wildman–Crippen LogP) is 4.05. The molecule has 2 aromatic rings. The van der Waals surface area contributed by atoms with Gasteiger partial charge in [-0.05, 0) is 30.2 Å². The van der Waals surface area contributed by atoms with Crippen LogP contribution >= 0.6 is 11.3 Å². The molecule has 0 bridgehead atoms. The molecular formula is C13H14FN3OS. The van der Waals surface area contributed by atoms with Gasteiger partial charge in [-0.2, -0.15) is 0 Å². The molecular weight excluding hydrogens is 265 g/mol. The highest BCUT2D eigenvalue weighted by Gasteiger charge is 2.08. The van der Waals surface area contributed by atoms with Crippen LogP contribution in [0.4, 0.5) is 20.0 Å². The molecule has 0 saturated carbocycles. The van der Waals surface area contributed by atoms with Gasteiger partial charge in [0.1, 0.15) is 5.82 Å². The van der Waals surface area contributed by atoms with Gasteiger partial charge in [-0.15, -0.1) is 11.3 Å². The van der Waals surface area contributed by atoms with Gasteiger partial charge in [-0.3, -0.25) is 5.32 Å². The van der Waals surface area contributed by atoms with Gasteiger partial charge in [0.2, 0.25) is 0 Å². The van der Waals surface area contributed by atoms with Crippen molar-refractivity contribution in [3.05, 3.63) is 41.2 Å². The summed E-state index contributed by atoms with van der Waals surface area (Å²) in [7, 11) is 0. The summed E-state index contributed by atoms with van der Waals surface area (Å²) >= 11 is 1.44. The Morgan fingerprint density at radius 3 is 2.53 bits per heavy atom. The molecule has 1 heterocycles. The second-order valence-electron chi connectivity index (χ2n) is 4.31. The number of rotatable bonds is 3. The minimum Gasteiger partial charge on any atom is -0.308 e. The Hall–Kier alpha value is -1.95. The number of hydrogen-bond acceptors (Lipinski definition) is 3. The lowest BCUT2D eigenvalue weighted by Gasteiger charge is -2.05. The molecule has 0 unspecified atom stereocenters. The predicted molar refractivity (Wildman–Crippen MR) is 75.2 cm³/mol. The molecule has 0 aliphatic heterocycles. The summed E-state index contributed by atoms with van der Waals surface area (Å²) in [5.41, 5.74) is 0.527. The average Bonchev–Trinajstić information content (AvgIpc) is 2.80. The molecule has 2 rings (SSSR count). The van der Waals surface area contributed by atoms with Crippen LogP contribution in [0.25, 0.3) is 0 Å². The molecule has 0 atom stereocenters. The fourth-order valence-electron chi connectivity index (χ4n) is 1.40. The van der Waals surface area contributed by atoms with Crippen LogP contribution in [0, 0.1) is 5.82 Å². The Morgan fingerprint density at radius 1 is 1.26 bits per heavy atom. The van der Waals surface area contributed by atoms with Gasteiger partial charge in [-0.25, -0.2) is 14.2 Å². The third-order valence-electron chi connectivity index (χ3n) is 2.42. The highest BCUT2D eigenvalue weighted by Crippen LogP contribution is 2.25. The van der Waals surface area contributed by atoms with Gasteiger partial charge >= 0.3 is 6.03 Å². The lowest BCUT2D eigenvalue weighted by molar-refractivity contribution is 0.262. The van der Waals surface area contributed by atoms with Gasteiger partial charge in [0.05, 0.1) is 0 Å². The van der Waals surface area contributed by atoms with Crippen LogP contribution in [0.1, 0.15) is 24.6 Å². The number of carbonyl (C=O) groups excluding carboxylic acids is 1. The normalized spacial score (nSPS) is 10.5. The number of urea groups is 1. The number of thiazole rings is 1. The fourth-order valence-corrected chi connectivity index (χ4v) is 2.22. The second-order valence-corrected chi connectivity index (χ2v) is 5.37. The van der Waals surface area contributed by atoms with Gasteiger partial charge in [0.15, 0.2) is 5.13 Å². The van der Waals surface area contributed by atoms with Crippen molar-refractivity contribution in [3.63, 3.8) is 0 Å². The maximum absolute atomic E-state index is 12.7. The number of anilines is 2. The largest absolute Gasteiger partial charge is 0.325 e. The summed E-state index contributed by atoms with van der Waals surface area (Å²) in [6.45, 7) is 4.13. The summed E-state index contributed by atoms with van der Waals surface area (Å²) in [4.78, 5) is 16.9. The smallest absolute Gasteiger partial charge is 0.308 e. The van der Waals surface area contributed by atoms with Crippen molar-refractivity contribution in [1.82, 2.24) is 4.98 Å². The zero-order chi connectivity index (χ0) is 13.8. The van der Waals surface area contributed by atoms with Gasteiger partial charge < -0.3 is 5.32 Å². The molecule has 0 aliphatic rings. The van der Waals surface area contributed by atoms with Crippen LogP contribution in [-0.4, -0.2) is 11.0 Å². The summed E-state index contributed by atoms with van der Waals surface area (Å²) in [6.07, 6.45) is 1.75. The molecule has 0 saturated heterocycles. The summed E-state index contributed by atoms with van der Waals surface area (Å²) in [5.74, 6) is 0.0423. The van der Waals surface area contributed by atoms with Crippen LogP contribution < -0.4 is 10.6 Å². The monoisotopic (exact) mass is 279 g/mol. The van der Waals surface area contributed by atoms with E-state index in [1.807, 2.05) is 0 Å². The van der Waals surface area contributed by atoms with E-state index in [2.05, 4.69) is 29.5 Å². The molecule has 2 amide bonds. The first kappa shape index (κ1) is 13.5. The summed E-state index contributed by atoms with van der Waals surface area (Å²) < 4.78 is 12.7. The number of carbonyl (C=O) groups is 1. The van der Waals surface area contributed by atoms with E-state index in [9.17, 15) is 9.18 Å². The zero-order valence-corrected chi connectivity index (χ0v) is 11.4. The van der Waals surface area contributed by atoms with E-state index in [0.29, 0.717) is 16.7 Å². The number of benzene rings is 1. The summed E-state index contributed by atoms with van der Waals surface area (Å²) in [5, 5.41) is 5.79. The second kappa shape index (κ2) is 5.79. The Balaban J connectivity index is 1.95. The maximum atomic E-state index is 12.7. The highest BCUT2D eigenvalue weighted by molar-refractivity contribution is 7.15. The van der Waals surface area contributed by atoms with E-state index < -0.39 is 6.03 Å². The first-order valence-electron chi connectivity index (χ1n) is 5.84. The third kappa shape index (κ3) is 3.75. The molecule has 0 aliphatic carbocycles. The molecule has 0 fully saturated rings. The number of amides is 2. The van der Waals surface area contributed by atoms with Crippen molar-refractivity contribution in [1.29, 1.82) is 0 Å². The number of aromatic nitrogens is 1. The van der Waals surface area contributed by atoms with E-state index in [-0.39, 0.29) is 5.82 Å². The fraction of sp³-hybridized carbons (Fsp3) is 0.231. The van der Waals surface area contributed by atoms with Gasteiger partial charge in [0, 0.05) is 16.8 Å². The van der Waals surface area contributed by atoms with Crippen LogP contribution in [-0.2, 0) is 0 Å². The number of nitrogens with zero attached hydrogens (tertiary/aromatic N) is 1. The van der Waals surface area contributed by atoms with Crippen molar-refractivity contribution in [2.24, 2.45) is 0 Å². The van der Waals surface area contributed by atoms with Crippen molar-refractivity contribution >= 4 is 28.2 Å². The molecule has 0 spiro atoms. The first-order valence-corrected chi connectivity index (χ1v) is 6.65. The van der Waals surface area contributed by atoms with E-state index in [1.54, 1.807) is 6.20 Å². The highest BCUT2D eigenvalue weighted by atomic mass is 32.1. The van der Waals surface area contributed by atoms with Crippen LogP contribution in [0.3, 0.4) is 0 Å². The summed E-state index contributed by atoms with van der Waals surface area (Å²) in [6, 6.07) is 5.18. The average molecular weight is 279 g/mol. The van der Waals surface area contributed by atoms with Crippen molar-refractivity contribution < 1.29 is 9.18 Å². The molecule has 6 heteroatoms. The Labute approximate surface area is 114 Å². The number of hydrogen-bond donors (Lipinski definition) is 2. The van der Waals surface area contributed by atoms with Gasteiger partial charge in [0.25, 0.3) is 0 Å². The molecule has 0 radical (unpaired) electrons. The Kier molecular flexibility index (Phi) is 4.11. The zero-order valence-electron chi connectivity index (χ0n) is 10.6. The minimum atomic E-state index is -0.392. The van der Waals surface area contributed by atoms with Gasteiger partial charge in [-0.1, -0.05) is 13.8 Å². The topological polar surface area (TPSA) is 54.0 Å². The third-order valence-corrected chi connectivity index (χ3v) is 3.63. The molecule has 100 valence electrons. The lowest BCUT2D eigenvalue weighted by atomic mass is 10.2. The molecule has 19 heavy (non-hydrogen) atoms. The van der Waals surface area contributed by atoms with Crippen LogP contribution in [0.15, 0.2) is 30.5 Å². The van der Waals surface area contributed by atoms with Crippen molar-refractivity contribution in [2.45, 2.75) is 19.8 Å². The standard InChI is InChI=1S/C13H14FN3OS/c1-8(2)11-7-15-13(19-11)17-12(18)16-10-5-3-9(14)4-6-10/h3-8H,1-2H3,(H2,15,16,17,18). The van der Waals surface area contributed by atoms with E-state index in [1.165, 1.54) is 35.6 Å². The van der Waals surface area contributed by atoms with Crippen molar-refractivity contribution in [2.75, 3.05) is 10.6 Å². The molecule has 4 nitrogen and oxygen atoms in total. The van der Waals surface area contributed by atoms with E-state index in [4.69, 9.17) is 0 Å². The number of nitrogens with one attached hydrogen (secondary N) is 2. The number of halogens is 1. The quantitative estimate of drug-likeness (QED) is 0.890. The van der Waals surface area contributed by atoms with E-state index in [0.717, 1.165) is 4.88 Å². The SMILES string of the molecule is CC(C)c1cnc(NC(=O)Nc2ccc(F)cc2)s1. The minimum absolute atomic E-state index is 0.340. The lowest BCUT2D eigenvalue weighted by Crippen LogP contribution is -2.19. The Bertz CT molecular complexity index is 566. The molecule has 1 aromatic heterocycles. The Morgan fingerprint density at radius 2 is 1.95 bits per heavy atom. The van der Waals surface area contributed by atoms with Crippen LogP contribution in [0.2, 0.25) is 0 Å².